The first kappa shape index (κ1) is 14.9. The summed E-state index contributed by atoms with van der Waals surface area (Å²) in [6.45, 7) is 0.553. The van der Waals surface area contributed by atoms with E-state index in [1.165, 1.54) is 0 Å². The van der Waals surface area contributed by atoms with Crippen molar-refractivity contribution in [1.82, 2.24) is 4.57 Å². The Morgan fingerprint density at radius 1 is 1.29 bits per heavy atom. The van der Waals surface area contributed by atoms with Crippen molar-refractivity contribution < 1.29 is 8.42 Å². The molecule has 21 heavy (non-hydrogen) atoms. The molecular formula is C14H16N4O2S. The number of hydrogen-bond acceptors (Lipinski definition) is 4. The lowest BCUT2D eigenvalue weighted by molar-refractivity contribution is 0.607. The molecule has 7 heteroatoms. The number of nitrogens with zero attached hydrogens (tertiary/aromatic N) is 2. The van der Waals surface area contributed by atoms with Gasteiger partial charge in [-0.3, -0.25) is 4.72 Å². The molecule has 2 rings (SSSR count). The van der Waals surface area contributed by atoms with Crippen molar-refractivity contribution in [2.24, 2.45) is 7.05 Å². The van der Waals surface area contributed by atoms with Gasteiger partial charge >= 0.3 is 0 Å². The van der Waals surface area contributed by atoms with Crippen molar-refractivity contribution in [3.05, 3.63) is 47.8 Å². The molecule has 0 bridgehead atoms. The van der Waals surface area contributed by atoms with Gasteiger partial charge in [0.2, 0.25) is 10.0 Å². The molecule has 2 N–H and O–H groups in total. The lowest BCUT2D eigenvalue weighted by Gasteiger charge is -2.08. The zero-order valence-corrected chi connectivity index (χ0v) is 12.6. The van der Waals surface area contributed by atoms with Crippen LogP contribution in [0.3, 0.4) is 0 Å². The highest BCUT2D eigenvalue weighted by atomic mass is 32.2. The second-order valence-corrected chi connectivity index (χ2v) is 6.51. The van der Waals surface area contributed by atoms with E-state index in [0.717, 1.165) is 17.5 Å². The monoisotopic (exact) mass is 304 g/mol. The maximum atomic E-state index is 11.2. The fourth-order valence-electron chi connectivity index (χ4n) is 1.95. The summed E-state index contributed by atoms with van der Waals surface area (Å²) in [7, 11) is -1.47. The van der Waals surface area contributed by atoms with Crippen LogP contribution in [0.25, 0.3) is 0 Å². The maximum absolute atomic E-state index is 11.2. The topological polar surface area (TPSA) is 86.9 Å². The third kappa shape index (κ3) is 4.26. The van der Waals surface area contributed by atoms with E-state index in [4.69, 9.17) is 5.26 Å². The van der Waals surface area contributed by atoms with E-state index < -0.39 is 10.0 Å². The average Bonchev–Trinajstić information content (AvgIpc) is 2.75. The van der Waals surface area contributed by atoms with Gasteiger partial charge < -0.3 is 9.88 Å². The van der Waals surface area contributed by atoms with Gasteiger partial charge in [-0.2, -0.15) is 5.26 Å². The first-order valence-electron chi connectivity index (χ1n) is 6.24. The van der Waals surface area contributed by atoms with Crippen LogP contribution >= 0.6 is 0 Å². The number of rotatable bonds is 5. The van der Waals surface area contributed by atoms with Crippen LogP contribution in [0, 0.1) is 11.3 Å². The third-order valence-electron chi connectivity index (χ3n) is 2.84. The summed E-state index contributed by atoms with van der Waals surface area (Å²) in [4.78, 5) is 0. The molecule has 1 heterocycles. The maximum Gasteiger partial charge on any atom is 0.229 e. The number of hydrogen-bond donors (Lipinski definition) is 2. The van der Waals surface area contributed by atoms with Gasteiger partial charge in [0.1, 0.15) is 11.8 Å². The van der Waals surface area contributed by atoms with Gasteiger partial charge in [-0.1, -0.05) is 6.07 Å². The van der Waals surface area contributed by atoms with Gasteiger partial charge in [0.25, 0.3) is 0 Å². The van der Waals surface area contributed by atoms with Crippen LogP contribution in [0.15, 0.2) is 36.5 Å². The number of nitriles is 1. The second-order valence-electron chi connectivity index (χ2n) is 4.76. The molecule has 0 aliphatic rings. The highest BCUT2D eigenvalue weighted by Crippen LogP contribution is 2.17. The smallest absolute Gasteiger partial charge is 0.229 e. The highest BCUT2D eigenvalue weighted by Gasteiger charge is 2.04. The molecule has 1 aromatic heterocycles. The zero-order valence-electron chi connectivity index (χ0n) is 11.8. The van der Waals surface area contributed by atoms with E-state index in [-0.39, 0.29) is 0 Å². The van der Waals surface area contributed by atoms with E-state index in [9.17, 15) is 8.42 Å². The van der Waals surface area contributed by atoms with Crippen molar-refractivity contribution in [2.75, 3.05) is 16.3 Å². The standard InChI is InChI=1S/C14H16N4O2S/c1-18-10-11(6-14(18)8-15)9-16-12-4-3-5-13(7-12)17-21(2,19)20/h3-7,10,16-17H,9H2,1-2H3. The molecule has 0 atom stereocenters. The fourth-order valence-corrected chi connectivity index (χ4v) is 2.51. The van der Waals surface area contributed by atoms with Crippen LogP contribution in [0.5, 0.6) is 0 Å². The Labute approximate surface area is 124 Å². The molecule has 0 radical (unpaired) electrons. The van der Waals surface area contributed by atoms with E-state index in [1.54, 1.807) is 22.8 Å². The summed E-state index contributed by atoms with van der Waals surface area (Å²) in [5, 5.41) is 12.1. The lowest BCUT2D eigenvalue weighted by Crippen LogP contribution is -2.09. The Kier molecular flexibility index (Phi) is 4.19. The molecule has 0 spiro atoms. The molecule has 6 nitrogen and oxygen atoms in total. The Morgan fingerprint density at radius 3 is 2.62 bits per heavy atom. The summed E-state index contributed by atoms with van der Waals surface area (Å²) in [5.74, 6) is 0. The summed E-state index contributed by atoms with van der Waals surface area (Å²) in [5.41, 5.74) is 2.88. The van der Waals surface area contributed by atoms with Gasteiger partial charge in [-0.25, -0.2) is 8.42 Å². The minimum absolute atomic E-state index is 0.508. The first-order chi connectivity index (χ1) is 9.87. The van der Waals surface area contributed by atoms with Crippen molar-refractivity contribution in [3.8, 4) is 6.07 Å². The van der Waals surface area contributed by atoms with Gasteiger partial charge in [0, 0.05) is 25.5 Å². The number of aromatic nitrogens is 1. The summed E-state index contributed by atoms with van der Waals surface area (Å²) in [6.07, 6.45) is 2.99. The minimum Gasteiger partial charge on any atom is -0.381 e. The van der Waals surface area contributed by atoms with Crippen LogP contribution in [-0.2, 0) is 23.6 Å². The highest BCUT2D eigenvalue weighted by molar-refractivity contribution is 7.92. The van der Waals surface area contributed by atoms with E-state index in [0.29, 0.717) is 17.9 Å². The molecule has 0 saturated heterocycles. The average molecular weight is 304 g/mol. The molecule has 110 valence electrons. The Morgan fingerprint density at radius 2 is 2.00 bits per heavy atom. The van der Waals surface area contributed by atoms with Gasteiger partial charge in [-0.05, 0) is 29.8 Å². The van der Waals surface area contributed by atoms with Crippen LogP contribution in [0.1, 0.15) is 11.3 Å². The summed E-state index contributed by atoms with van der Waals surface area (Å²) >= 11 is 0. The normalized spacial score (nSPS) is 10.9. The predicted octanol–water partition coefficient (Wildman–Crippen LogP) is 1.88. The molecule has 2 aromatic rings. The molecular weight excluding hydrogens is 288 g/mol. The number of sulfonamides is 1. The van der Waals surface area contributed by atoms with Crippen LogP contribution < -0.4 is 10.0 Å². The number of nitrogens with one attached hydrogen (secondary N) is 2. The van der Waals surface area contributed by atoms with Crippen LogP contribution in [-0.4, -0.2) is 19.2 Å². The molecule has 0 aliphatic carbocycles. The van der Waals surface area contributed by atoms with Gasteiger partial charge in [0.15, 0.2) is 0 Å². The Hall–Kier alpha value is -2.46. The van der Waals surface area contributed by atoms with Crippen LogP contribution in [0.4, 0.5) is 11.4 Å². The van der Waals surface area contributed by atoms with E-state index in [1.807, 2.05) is 25.4 Å². The number of benzene rings is 1. The van der Waals surface area contributed by atoms with Crippen LogP contribution in [0.2, 0.25) is 0 Å². The van der Waals surface area contributed by atoms with Crippen molar-refractivity contribution in [2.45, 2.75) is 6.54 Å². The molecule has 0 aliphatic heterocycles. The molecule has 0 unspecified atom stereocenters. The van der Waals surface area contributed by atoms with Gasteiger partial charge in [-0.15, -0.1) is 0 Å². The first-order valence-corrected chi connectivity index (χ1v) is 8.13. The summed E-state index contributed by atoms with van der Waals surface area (Å²) < 4.78 is 26.6. The van der Waals surface area contributed by atoms with Crippen molar-refractivity contribution >= 4 is 21.4 Å². The van der Waals surface area contributed by atoms with E-state index in [2.05, 4.69) is 16.1 Å². The molecule has 0 fully saturated rings. The number of aryl methyl sites for hydroxylation is 1. The predicted molar refractivity (Wildman–Crippen MR) is 82.4 cm³/mol. The third-order valence-corrected chi connectivity index (χ3v) is 3.45. The zero-order chi connectivity index (χ0) is 15.5. The SMILES string of the molecule is Cn1cc(CNc2cccc(NS(C)(=O)=O)c2)cc1C#N. The number of anilines is 2. The Balaban J connectivity index is 2.06. The fraction of sp³-hybridized carbons (Fsp3) is 0.214. The molecule has 0 amide bonds. The quantitative estimate of drug-likeness (QED) is 0.883. The van der Waals surface area contributed by atoms with Crippen molar-refractivity contribution in [3.63, 3.8) is 0 Å². The van der Waals surface area contributed by atoms with Crippen molar-refractivity contribution in [1.29, 1.82) is 5.26 Å². The second kappa shape index (κ2) is 5.89. The molecule has 1 aromatic carbocycles. The lowest BCUT2D eigenvalue weighted by atomic mass is 10.2. The van der Waals surface area contributed by atoms with E-state index >= 15 is 0 Å². The largest absolute Gasteiger partial charge is 0.381 e. The summed E-state index contributed by atoms with van der Waals surface area (Å²) in [6, 6.07) is 10.9. The van der Waals surface area contributed by atoms with Gasteiger partial charge in [0.05, 0.1) is 11.9 Å². The molecule has 0 saturated carbocycles. The Bertz CT molecular complexity index is 788. The minimum atomic E-state index is -3.28.